The number of hydrogen-bond donors (Lipinski definition) is 0. The summed E-state index contributed by atoms with van der Waals surface area (Å²) in [5.74, 6) is 0. The van der Waals surface area contributed by atoms with Gasteiger partial charge < -0.3 is 14.4 Å². The summed E-state index contributed by atoms with van der Waals surface area (Å²) >= 11 is 0. The first-order chi connectivity index (χ1) is 5.83. The zero-order chi connectivity index (χ0) is 10.5. The molecule has 0 aliphatic carbocycles. The lowest BCUT2D eigenvalue weighted by Crippen LogP contribution is -2.16. The van der Waals surface area contributed by atoms with Crippen molar-refractivity contribution >= 4 is 15.6 Å². The largest absolute Gasteiger partial charge is 0.789 e. The van der Waals surface area contributed by atoms with Crippen LogP contribution in [0.3, 0.4) is 0 Å². The van der Waals surface area contributed by atoms with Crippen LogP contribution in [0.25, 0.3) is 0 Å². The second-order valence-corrected chi connectivity index (χ2v) is 4.77. The van der Waals surface area contributed by atoms with Crippen LogP contribution in [-0.2, 0) is 22.5 Å². The van der Waals surface area contributed by atoms with E-state index < -0.39 is 15.6 Å². The normalized spacial score (nSPS) is 13.2. The molecule has 0 aromatic carbocycles. The maximum absolute atomic E-state index is 11.2. The zero-order valence-corrected chi connectivity index (χ0v) is 8.96. The highest BCUT2D eigenvalue weighted by molar-refractivity contribution is 7.60. The van der Waals surface area contributed by atoms with Gasteiger partial charge in [-0.3, -0.25) is 13.4 Å². The van der Waals surface area contributed by atoms with Crippen molar-refractivity contribution in [2.45, 2.75) is 13.8 Å². The van der Waals surface area contributed by atoms with Gasteiger partial charge in [0.1, 0.15) is 0 Å². The van der Waals surface area contributed by atoms with Crippen LogP contribution in [-0.4, -0.2) is 13.2 Å². The van der Waals surface area contributed by atoms with Crippen molar-refractivity contribution in [3.8, 4) is 0 Å². The van der Waals surface area contributed by atoms with E-state index in [9.17, 15) is 18.9 Å². The van der Waals surface area contributed by atoms with E-state index in [0.717, 1.165) is 0 Å². The second kappa shape index (κ2) is 5.22. The molecule has 0 amide bonds. The van der Waals surface area contributed by atoms with Crippen molar-refractivity contribution in [2.24, 2.45) is 0 Å². The molecule has 0 aromatic rings. The van der Waals surface area contributed by atoms with Gasteiger partial charge in [0, 0.05) is 0 Å². The van der Waals surface area contributed by atoms with Gasteiger partial charge in [0.05, 0.1) is 21.0 Å². The molecule has 0 radical (unpaired) electrons. The van der Waals surface area contributed by atoms with Crippen LogP contribution in [0.2, 0.25) is 0 Å². The highest BCUT2D eigenvalue weighted by Crippen LogP contribution is 2.57. The van der Waals surface area contributed by atoms with Crippen molar-refractivity contribution in [1.29, 1.82) is 0 Å². The Morgan fingerprint density at radius 2 is 1.46 bits per heavy atom. The maximum atomic E-state index is 11.2. The lowest BCUT2D eigenvalue weighted by molar-refractivity contribution is -0.334. The standard InChI is InChI=1S/C4H12O7P2/c1-3-9-13(8,10-4-2)11-12(5,6)7/h3-4H2,1-2H3,(H2,5,6,7)/p-2. The van der Waals surface area contributed by atoms with E-state index in [-0.39, 0.29) is 13.2 Å². The fraction of sp³-hybridized carbons (Fsp3) is 1.00. The van der Waals surface area contributed by atoms with Gasteiger partial charge >= 0.3 is 7.82 Å². The Bertz CT molecular complexity index is 223. The van der Waals surface area contributed by atoms with Gasteiger partial charge in [-0.2, -0.15) is 0 Å². The molecule has 0 saturated heterocycles. The molecular formula is C4H10O7P2-2. The summed E-state index contributed by atoms with van der Waals surface area (Å²) in [5, 5.41) is 0. The highest BCUT2D eigenvalue weighted by Gasteiger charge is 2.26. The van der Waals surface area contributed by atoms with Crippen molar-refractivity contribution < 1.29 is 32.3 Å². The Morgan fingerprint density at radius 1 is 1.08 bits per heavy atom. The molecule has 9 heteroatoms. The number of hydrogen-bond acceptors (Lipinski definition) is 7. The summed E-state index contributed by atoms with van der Waals surface area (Å²) in [6.07, 6.45) is 0. The second-order valence-electron chi connectivity index (χ2n) is 1.81. The van der Waals surface area contributed by atoms with Crippen molar-refractivity contribution in [3.05, 3.63) is 0 Å². The monoisotopic (exact) mass is 232 g/mol. The molecule has 0 saturated carbocycles. The van der Waals surface area contributed by atoms with Gasteiger partial charge in [-0.25, -0.2) is 4.57 Å². The van der Waals surface area contributed by atoms with Gasteiger partial charge in [-0.05, 0) is 13.8 Å². The van der Waals surface area contributed by atoms with Gasteiger partial charge in [0.25, 0.3) is 0 Å². The van der Waals surface area contributed by atoms with Gasteiger partial charge in [-0.1, -0.05) is 0 Å². The lowest BCUT2D eigenvalue weighted by Gasteiger charge is -2.31. The molecule has 0 aliphatic heterocycles. The fourth-order valence-electron chi connectivity index (χ4n) is 0.523. The molecule has 0 N–H and O–H groups in total. The summed E-state index contributed by atoms with van der Waals surface area (Å²) < 4.78 is 33.7. The first-order valence-corrected chi connectivity index (χ1v) is 6.37. The van der Waals surface area contributed by atoms with E-state index in [1.165, 1.54) is 13.8 Å². The Labute approximate surface area is 75.9 Å². The SMILES string of the molecule is CCOP(=O)(OCC)OP(=O)([O-])[O-]. The van der Waals surface area contributed by atoms with Crippen molar-refractivity contribution in [1.82, 2.24) is 0 Å². The van der Waals surface area contributed by atoms with Crippen molar-refractivity contribution in [2.75, 3.05) is 13.2 Å². The molecule has 7 nitrogen and oxygen atoms in total. The molecule has 0 fully saturated rings. The van der Waals surface area contributed by atoms with E-state index in [2.05, 4.69) is 13.4 Å². The molecule has 13 heavy (non-hydrogen) atoms. The van der Waals surface area contributed by atoms with E-state index in [1.54, 1.807) is 0 Å². The molecule has 0 rings (SSSR count). The van der Waals surface area contributed by atoms with Crippen LogP contribution in [0, 0.1) is 0 Å². The van der Waals surface area contributed by atoms with E-state index in [0.29, 0.717) is 0 Å². The lowest BCUT2D eigenvalue weighted by atomic mass is 10.9. The van der Waals surface area contributed by atoms with E-state index in [4.69, 9.17) is 0 Å². The molecule has 80 valence electrons. The molecule has 0 atom stereocenters. The smallest absolute Gasteiger partial charge is 0.478 e. The first-order valence-electron chi connectivity index (χ1n) is 3.45. The van der Waals surface area contributed by atoms with Gasteiger partial charge in [-0.15, -0.1) is 0 Å². The molecule has 0 unspecified atom stereocenters. The van der Waals surface area contributed by atoms with Crippen LogP contribution in [0.5, 0.6) is 0 Å². The molecule has 0 heterocycles. The first kappa shape index (κ1) is 13.3. The molecular weight excluding hydrogens is 222 g/mol. The maximum Gasteiger partial charge on any atom is 0.478 e. The zero-order valence-electron chi connectivity index (χ0n) is 7.17. The molecule has 0 bridgehead atoms. The average molecular weight is 232 g/mol. The van der Waals surface area contributed by atoms with Crippen molar-refractivity contribution in [3.63, 3.8) is 0 Å². The van der Waals surface area contributed by atoms with Crippen LogP contribution >= 0.6 is 15.6 Å². The Morgan fingerprint density at radius 3 is 1.69 bits per heavy atom. The number of phosphoric ester groups is 1. The summed E-state index contributed by atoms with van der Waals surface area (Å²) in [4.78, 5) is 20.2. The predicted molar refractivity (Wildman–Crippen MR) is 39.6 cm³/mol. The quantitative estimate of drug-likeness (QED) is 0.593. The van der Waals surface area contributed by atoms with Crippen LogP contribution in [0.1, 0.15) is 13.8 Å². The fourth-order valence-corrected chi connectivity index (χ4v) is 2.59. The summed E-state index contributed by atoms with van der Waals surface area (Å²) in [6.45, 7) is 2.74. The van der Waals surface area contributed by atoms with Gasteiger partial charge in [0.2, 0.25) is 0 Å². The summed E-state index contributed by atoms with van der Waals surface area (Å²) in [5.41, 5.74) is 0. The third-order valence-corrected chi connectivity index (χ3v) is 3.52. The summed E-state index contributed by atoms with van der Waals surface area (Å²) in [7, 11) is -9.59. The van der Waals surface area contributed by atoms with E-state index in [1.807, 2.05) is 0 Å². The van der Waals surface area contributed by atoms with Crippen LogP contribution in [0.4, 0.5) is 0 Å². The molecule has 0 aromatic heterocycles. The minimum atomic E-state index is -5.36. The third kappa shape index (κ3) is 6.35. The minimum Gasteiger partial charge on any atom is -0.789 e. The highest BCUT2D eigenvalue weighted by atomic mass is 31.3. The van der Waals surface area contributed by atoms with E-state index >= 15 is 0 Å². The Hall–Kier alpha value is 0.260. The molecule has 0 aliphatic rings. The Balaban J connectivity index is 4.42. The minimum absolute atomic E-state index is 0.0860. The van der Waals surface area contributed by atoms with Crippen LogP contribution in [0.15, 0.2) is 0 Å². The topological polar surface area (TPSA) is 108 Å². The predicted octanol–water partition coefficient (Wildman–Crippen LogP) is 0.0128. The third-order valence-electron chi connectivity index (χ3n) is 0.774. The average Bonchev–Trinajstić information content (AvgIpc) is 1.82. The number of rotatable bonds is 6. The van der Waals surface area contributed by atoms with Crippen LogP contribution < -0.4 is 9.79 Å². The molecule has 0 spiro atoms. The summed E-state index contributed by atoms with van der Waals surface area (Å²) in [6, 6.07) is 0. The Kier molecular flexibility index (Phi) is 5.32. The number of phosphoric acid groups is 2. The van der Waals surface area contributed by atoms with Gasteiger partial charge in [0.15, 0.2) is 0 Å².